The third-order valence-electron chi connectivity index (χ3n) is 2.97. The van der Waals surface area contributed by atoms with Gasteiger partial charge in [0.25, 0.3) is 0 Å². The highest BCUT2D eigenvalue weighted by Gasteiger charge is 2.12. The second kappa shape index (κ2) is 5.30. The standard InChI is InChI=1S/C15H20N2/c1-11(2)17-15(10-16)14-9-5-7-12-6-3-4-8-13(12)14/h3-9,11,15,17H,10,16H2,1-2H3. The smallest absolute Gasteiger partial charge is 0.0452 e. The maximum Gasteiger partial charge on any atom is 0.0452 e. The Bertz CT molecular complexity index is 486. The highest BCUT2D eigenvalue weighted by atomic mass is 15.0. The number of benzene rings is 2. The largest absolute Gasteiger partial charge is 0.329 e. The van der Waals surface area contributed by atoms with Crippen LogP contribution in [-0.4, -0.2) is 12.6 Å². The van der Waals surface area contributed by atoms with Crippen LogP contribution in [0.2, 0.25) is 0 Å². The van der Waals surface area contributed by atoms with Gasteiger partial charge < -0.3 is 11.1 Å². The van der Waals surface area contributed by atoms with Crippen LogP contribution < -0.4 is 11.1 Å². The van der Waals surface area contributed by atoms with Crippen LogP contribution in [0.5, 0.6) is 0 Å². The van der Waals surface area contributed by atoms with Crippen molar-refractivity contribution < 1.29 is 0 Å². The summed E-state index contributed by atoms with van der Waals surface area (Å²) in [6, 6.07) is 15.5. The Kier molecular flexibility index (Phi) is 3.77. The molecule has 0 aliphatic carbocycles. The molecule has 0 aliphatic heterocycles. The Labute approximate surface area is 103 Å². The van der Waals surface area contributed by atoms with Gasteiger partial charge in [-0.3, -0.25) is 0 Å². The molecular weight excluding hydrogens is 208 g/mol. The summed E-state index contributed by atoms with van der Waals surface area (Å²) in [4.78, 5) is 0. The van der Waals surface area contributed by atoms with Gasteiger partial charge in [0.15, 0.2) is 0 Å². The number of nitrogens with one attached hydrogen (secondary N) is 1. The molecule has 2 aromatic carbocycles. The minimum absolute atomic E-state index is 0.223. The maximum atomic E-state index is 5.88. The number of nitrogens with two attached hydrogens (primary N) is 1. The van der Waals surface area contributed by atoms with Crippen molar-refractivity contribution in [2.45, 2.75) is 25.9 Å². The van der Waals surface area contributed by atoms with E-state index in [0.29, 0.717) is 12.6 Å². The van der Waals surface area contributed by atoms with Crippen molar-refractivity contribution in [2.75, 3.05) is 6.54 Å². The third-order valence-corrected chi connectivity index (χ3v) is 2.97. The van der Waals surface area contributed by atoms with E-state index >= 15 is 0 Å². The fourth-order valence-electron chi connectivity index (χ4n) is 2.24. The van der Waals surface area contributed by atoms with E-state index in [1.807, 2.05) is 0 Å². The van der Waals surface area contributed by atoms with Gasteiger partial charge in [0.1, 0.15) is 0 Å². The molecule has 0 spiro atoms. The van der Waals surface area contributed by atoms with Crippen molar-refractivity contribution >= 4 is 10.8 Å². The van der Waals surface area contributed by atoms with E-state index in [1.54, 1.807) is 0 Å². The highest BCUT2D eigenvalue weighted by Crippen LogP contribution is 2.24. The van der Waals surface area contributed by atoms with Crippen molar-refractivity contribution in [3.63, 3.8) is 0 Å². The first-order valence-corrected chi connectivity index (χ1v) is 6.16. The van der Waals surface area contributed by atoms with E-state index in [9.17, 15) is 0 Å². The Hall–Kier alpha value is -1.38. The summed E-state index contributed by atoms with van der Waals surface area (Å²) in [5.74, 6) is 0. The molecule has 0 fully saturated rings. The van der Waals surface area contributed by atoms with Crippen LogP contribution in [0.15, 0.2) is 42.5 Å². The first-order chi connectivity index (χ1) is 8.22. The van der Waals surface area contributed by atoms with Crippen molar-refractivity contribution in [1.82, 2.24) is 5.32 Å². The minimum Gasteiger partial charge on any atom is -0.329 e. The van der Waals surface area contributed by atoms with Crippen LogP contribution in [-0.2, 0) is 0 Å². The van der Waals surface area contributed by atoms with Crippen LogP contribution in [0, 0.1) is 0 Å². The van der Waals surface area contributed by atoms with Gasteiger partial charge in [-0.1, -0.05) is 56.3 Å². The van der Waals surface area contributed by atoms with Crippen molar-refractivity contribution in [2.24, 2.45) is 5.73 Å². The van der Waals surface area contributed by atoms with Gasteiger partial charge in [0.2, 0.25) is 0 Å². The zero-order valence-corrected chi connectivity index (χ0v) is 10.5. The lowest BCUT2D eigenvalue weighted by Gasteiger charge is -2.21. The molecule has 0 bridgehead atoms. The van der Waals surface area contributed by atoms with E-state index in [0.717, 1.165) is 0 Å². The van der Waals surface area contributed by atoms with Gasteiger partial charge in [0, 0.05) is 18.6 Å². The zero-order valence-electron chi connectivity index (χ0n) is 10.5. The van der Waals surface area contributed by atoms with Gasteiger partial charge in [-0.25, -0.2) is 0 Å². The molecule has 0 saturated carbocycles. The molecule has 2 heteroatoms. The average molecular weight is 228 g/mol. The third kappa shape index (κ3) is 2.65. The molecule has 0 saturated heterocycles. The van der Waals surface area contributed by atoms with Crippen LogP contribution in [0.4, 0.5) is 0 Å². The van der Waals surface area contributed by atoms with Gasteiger partial charge in [-0.05, 0) is 16.3 Å². The molecule has 1 unspecified atom stereocenters. The number of hydrogen-bond acceptors (Lipinski definition) is 2. The van der Waals surface area contributed by atoms with Gasteiger partial charge in [-0.15, -0.1) is 0 Å². The maximum absolute atomic E-state index is 5.88. The summed E-state index contributed by atoms with van der Waals surface area (Å²) in [6.45, 7) is 4.91. The van der Waals surface area contributed by atoms with Crippen molar-refractivity contribution in [3.8, 4) is 0 Å². The molecule has 2 nitrogen and oxygen atoms in total. The van der Waals surface area contributed by atoms with Gasteiger partial charge >= 0.3 is 0 Å². The quantitative estimate of drug-likeness (QED) is 0.844. The summed E-state index contributed by atoms with van der Waals surface area (Å²) in [7, 11) is 0. The van der Waals surface area contributed by atoms with E-state index in [-0.39, 0.29) is 6.04 Å². The molecule has 1 atom stereocenters. The average Bonchev–Trinajstić information content (AvgIpc) is 2.35. The molecule has 2 aromatic rings. The number of hydrogen-bond donors (Lipinski definition) is 2. The lowest BCUT2D eigenvalue weighted by molar-refractivity contribution is 0.486. The molecule has 2 rings (SSSR count). The molecule has 0 radical (unpaired) electrons. The fourth-order valence-corrected chi connectivity index (χ4v) is 2.24. The van der Waals surface area contributed by atoms with Crippen LogP contribution >= 0.6 is 0 Å². The Morgan fingerprint density at radius 2 is 1.76 bits per heavy atom. The molecule has 17 heavy (non-hydrogen) atoms. The van der Waals surface area contributed by atoms with Crippen LogP contribution in [0.1, 0.15) is 25.5 Å². The molecule has 90 valence electrons. The molecule has 0 aromatic heterocycles. The van der Waals surface area contributed by atoms with Crippen molar-refractivity contribution in [3.05, 3.63) is 48.0 Å². The molecular formula is C15H20N2. The number of rotatable bonds is 4. The molecule has 0 aliphatic rings. The first kappa shape index (κ1) is 12.1. The Balaban J connectivity index is 2.46. The fraction of sp³-hybridized carbons (Fsp3) is 0.333. The Morgan fingerprint density at radius 1 is 1.06 bits per heavy atom. The molecule has 0 heterocycles. The molecule has 0 amide bonds. The minimum atomic E-state index is 0.223. The van der Waals surface area contributed by atoms with E-state index in [4.69, 9.17) is 5.73 Å². The lowest BCUT2D eigenvalue weighted by Crippen LogP contribution is -2.33. The van der Waals surface area contributed by atoms with E-state index in [1.165, 1.54) is 16.3 Å². The van der Waals surface area contributed by atoms with Gasteiger partial charge in [0.05, 0.1) is 0 Å². The van der Waals surface area contributed by atoms with E-state index in [2.05, 4.69) is 61.6 Å². The summed E-state index contributed by atoms with van der Waals surface area (Å²) >= 11 is 0. The second-order valence-electron chi connectivity index (χ2n) is 4.68. The zero-order chi connectivity index (χ0) is 12.3. The summed E-state index contributed by atoms with van der Waals surface area (Å²) in [5, 5.41) is 6.08. The van der Waals surface area contributed by atoms with Crippen molar-refractivity contribution in [1.29, 1.82) is 0 Å². The summed E-state index contributed by atoms with van der Waals surface area (Å²) in [5.41, 5.74) is 7.17. The lowest BCUT2D eigenvalue weighted by atomic mass is 9.98. The topological polar surface area (TPSA) is 38.0 Å². The SMILES string of the molecule is CC(C)NC(CN)c1cccc2ccccc12. The Morgan fingerprint density at radius 3 is 2.47 bits per heavy atom. The second-order valence-corrected chi connectivity index (χ2v) is 4.68. The van der Waals surface area contributed by atoms with Gasteiger partial charge in [-0.2, -0.15) is 0 Å². The molecule has 3 N–H and O–H groups in total. The van der Waals surface area contributed by atoms with Crippen LogP contribution in [0.3, 0.4) is 0 Å². The number of fused-ring (bicyclic) bond motifs is 1. The van der Waals surface area contributed by atoms with E-state index < -0.39 is 0 Å². The summed E-state index contributed by atoms with van der Waals surface area (Å²) in [6.07, 6.45) is 0. The highest BCUT2D eigenvalue weighted by molar-refractivity contribution is 5.86. The predicted molar refractivity (Wildman–Crippen MR) is 74.0 cm³/mol. The monoisotopic (exact) mass is 228 g/mol. The van der Waals surface area contributed by atoms with Crippen LogP contribution in [0.25, 0.3) is 10.8 Å². The predicted octanol–water partition coefficient (Wildman–Crippen LogP) is 2.84. The first-order valence-electron chi connectivity index (χ1n) is 6.16. The normalized spacial score (nSPS) is 13.2. The summed E-state index contributed by atoms with van der Waals surface area (Å²) < 4.78 is 0.